The Morgan fingerprint density at radius 3 is 2.31 bits per heavy atom. The Hall–Kier alpha value is -1.10. The van der Waals surface area contributed by atoms with E-state index in [-0.39, 0.29) is 0 Å². The van der Waals surface area contributed by atoms with Crippen LogP contribution >= 0.6 is 0 Å². The quantitative estimate of drug-likeness (QED) is 0.746. The molecular weight excluding hydrogens is 210 g/mol. The van der Waals surface area contributed by atoms with Gasteiger partial charge in [-0.15, -0.1) is 0 Å². The van der Waals surface area contributed by atoms with E-state index in [4.69, 9.17) is 9.84 Å². The number of alkyl carbamates (subject to hydrolysis) is 1. The summed E-state index contributed by atoms with van der Waals surface area (Å²) in [4.78, 5) is 22.7. The Labute approximate surface area is 96.2 Å². The molecule has 0 saturated heterocycles. The van der Waals surface area contributed by atoms with Crippen molar-refractivity contribution in [2.24, 2.45) is 0 Å². The molecule has 5 nitrogen and oxygen atoms in total. The maximum absolute atomic E-state index is 11.4. The predicted octanol–water partition coefficient (Wildman–Crippen LogP) is 1.24. The molecule has 0 aromatic rings. The first-order chi connectivity index (χ1) is 7.30. The first-order valence-corrected chi connectivity index (χ1v) is 5.43. The molecule has 0 aliphatic rings. The number of hydrogen-bond acceptors (Lipinski definition) is 4. The average molecular weight is 231 g/mol. The van der Waals surface area contributed by atoms with Crippen molar-refractivity contribution in [3.63, 3.8) is 0 Å². The van der Waals surface area contributed by atoms with Crippen LogP contribution in [-0.4, -0.2) is 35.2 Å². The SMILES string of the molecule is CCCC(NC(=O)OC(C)(C)C)C(=O)CO. The molecule has 0 rings (SSSR count). The van der Waals surface area contributed by atoms with Gasteiger partial charge in [-0.05, 0) is 27.2 Å². The van der Waals surface area contributed by atoms with Crippen molar-refractivity contribution in [1.29, 1.82) is 0 Å². The third-order valence-corrected chi connectivity index (χ3v) is 1.81. The number of aliphatic hydroxyl groups is 1. The second-order valence-corrected chi connectivity index (χ2v) is 4.61. The Balaban J connectivity index is 4.29. The number of carbonyl (C=O) groups is 2. The van der Waals surface area contributed by atoms with Gasteiger partial charge in [0.1, 0.15) is 12.2 Å². The molecule has 1 atom stereocenters. The molecule has 0 heterocycles. The number of nitrogens with one attached hydrogen (secondary N) is 1. The summed E-state index contributed by atoms with van der Waals surface area (Å²) in [6.45, 7) is 6.56. The lowest BCUT2D eigenvalue weighted by Crippen LogP contribution is -2.44. The standard InChI is InChI=1S/C11H21NO4/c1-5-6-8(9(14)7-13)12-10(15)16-11(2,3)4/h8,13H,5-7H2,1-4H3,(H,12,15). The number of carbonyl (C=O) groups excluding carboxylic acids is 2. The maximum Gasteiger partial charge on any atom is 0.408 e. The van der Waals surface area contributed by atoms with Gasteiger partial charge in [0.15, 0.2) is 5.78 Å². The Morgan fingerprint density at radius 2 is 1.94 bits per heavy atom. The minimum absolute atomic E-state index is 0.396. The molecular formula is C11H21NO4. The lowest BCUT2D eigenvalue weighted by molar-refractivity contribution is -0.124. The first-order valence-electron chi connectivity index (χ1n) is 5.43. The van der Waals surface area contributed by atoms with Crippen LogP contribution < -0.4 is 5.32 Å². The van der Waals surface area contributed by atoms with Crippen LogP contribution in [-0.2, 0) is 9.53 Å². The topological polar surface area (TPSA) is 75.6 Å². The molecule has 5 heteroatoms. The number of ketones is 1. The lowest BCUT2D eigenvalue weighted by atomic mass is 10.1. The monoisotopic (exact) mass is 231 g/mol. The van der Waals surface area contributed by atoms with Gasteiger partial charge in [0.2, 0.25) is 0 Å². The molecule has 94 valence electrons. The minimum Gasteiger partial charge on any atom is -0.444 e. The highest BCUT2D eigenvalue weighted by atomic mass is 16.6. The largest absolute Gasteiger partial charge is 0.444 e. The van der Waals surface area contributed by atoms with Gasteiger partial charge in [-0.2, -0.15) is 0 Å². The predicted molar refractivity (Wildman–Crippen MR) is 60.2 cm³/mol. The molecule has 0 bridgehead atoms. The van der Waals surface area contributed by atoms with Crippen molar-refractivity contribution in [3.8, 4) is 0 Å². The van der Waals surface area contributed by atoms with Crippen molar-refractivity contribution < 1.29 is 19.4 Å². The van der Waals surface area contributed by atoms with E-state index in [9.17, 15) is 9.59 Å². The van der Waals surface area contributed by atoms with Gasteiger partial charge in [0.25, 0.3) is 0 Å². The van der Waals surface area contributed by atoms with E-state index in [0.717, 1.165) is 6.42 Å². The van der Waals surface area contributed by atoms with E-state index in [0.29, 0.717) is 6.42 Å². The number of amides is 1. The highest BCUT2D eigenvalue weighted by Gasteiger charge is 2.22. The van der Waals surface area contributed by atoms with Crippen molar-refractivity contribution in [2.45, 2.75) is 52.2 Å². The lowest BCUT2D eigenvalue weighted by Gasteiger charge is -2.22. The summed E-state index contributed by atoms with van der Waals surface area (Å²) in [5.74, 6) is -0.396. The maximum atomic E-state index is 11.4. The number of ether oxygens (including phenoxy) is 1. The zero-order valence-corrected chi connectivity index (χ0v) is 10.4. The van der Waals surface area contributed by atoms with Crippen LogP contribution in [0.25, 0.3) is 0 Å². The molecule has 0 aliphatic heterocycles. The van der Waals surface area contributed by atoms with Gasteiger partial charge in [0, 0.05) is 0 Å². The van der Waals surface area contributed by atoms with E-state index in [1.54, 1.807) is 20.8 Å². The number of Topliss-reactive ketones (excluding diaryl/α,β-unsaturated/α-hetero) is 1. The third-order valence-electron chi connectivity index (χ3n) is 1.81. The number of aliphatic hydroxyl groups excluding tert-OH is 1. The summed E-state index contributed by atoms with van der Waals surface area (Å²) in [6, 6.07) is -0.662. The molecule has 0 fully saturated rings. The summed E-state index contributed by atoms with van der Waals surface area (Å²) < 4.78 is 5.03. The summed E-state index contributed by atoms with van der Waals surface area (Å²) in [5, 5.41) is 11.2. The van der Waals surface area contributed by atoms with E-state index in [1.807, 2.05) is 6.92 Å². The summed E-state index contributed by atoms with van der Waals surface area (Å²) in [7, 11) is 0. The fraction of sp³-hybridized carbons (Fsp3) is 0.818. The summed E-state index contributed by atoms with van der Waals surface area (Å²) in [6.07, 6.45) is 0.609. The molecule has 0 aromatic carbocycles. The van der Waals surface area contributed by atoms with Gasteiger partial charge >= 0.3 is 6.09 Å². The summed E-state index contributed by atoms with van der Waals surface area (Å²) in [5.41, 5.74) is -0.594. The minimum atomic E-state index is -0.662. The van der Waals surface area contributed by atoms with E-state index >= 15 is 0 Å². The van der Waals surface area contributed by atoms with Crippen LogP contribution in [0.2, 0.25) is 0 Å². The Kier molecular flexibility index (Phi) is 6.03. The smallest absolute Gasteiger partial charge is 0.408 e. The number of hydrogen-bond donors (Lipinski definition) is 2. The molecule has 0 aromatic heterocycles. The van der Waals surface area contributed by atoms with E-state index < -0.39 is 30.1 Å². The Morgan fingerprint density at radius 1 is 1.38 bits per heavy atom. The fourth-order valence-corrected chi connectivity index (χ4v) is 1.16. The molecule has 16 heavy (non-hydrogen) atoms. The second-order valence-electron chi connectivity index (χ2n) is 4.61. The molecule has 1 unspecified atom stereocenters. The molecule has 1 amide bonds. The van der Waals surface area contributed by atoms with Crippen LogP contribution in [0.1, 0.15) is 40.5 Å². The van der Waals surface area contributed by atoms with E-state index in [1.165, 1.54) is 0 Å². The van der Waals surface area contributed by atoms with Gasteiger partial charge in [-0.1, -0.05) is 13.3 Å². The van der Waals surface area contributed by atoms with Crippen LogP contribution in [0.3, 0.4) is 0 Å². The van der Waals surface area contributed by atoms with Crippen LogP contribution in [0.5, 0.6) is 0 Å². The van der Waals surface area contributed by atoms with Crippen LogP contribution in [0.15, 0.2) is 0 Å². The molecule has 0 radical (unpaired) electrons. The summed E-state index contributed by atoms with van der Waals surface area (Å²) >= 11 is 0. The van der Waals surface area contributed by atoms with Crippen molar-refractivity contribution in [1.82, 2.24) is 5.32 Å². The molecule has 2 N–H and O–H groups in total. The molecule has 0 saturated carbocycles. The molecule has 0 aliphatic carbocycles. The van der Waals surface area contributed by atoms with Gasteiger partial charge in [0.05, 0.1) is 6.04 Å². The van der Waals surface area contributed by atoms with Gasteiger partial charge in [-0.25, -0.2) is 4.79 Å². The number of rotatable bonds is 5. The van der Waals surface area contributed by atoms with Crippen molar-refractivity contribution in [3.05, 3.63) is 0 Å². The highest BCUT2D eigenvalue weighted by Crippen LogP contribution is 2.07. The zero-order valence-electron chi connectivity index (χ0n) is 10.4. The van der Waals surface area contributed by atoms with Crippen LogP contribution in [0, 0.1) is 0 Å². The first kappa shape index (κ1) is 14.9. The van der Waals surface area contributed by atoms with Gasteiger partial charge in [-0.3, -0.25) is 4.79 Å². The average Bonchev–Trinajstić information content (AvgIpc) is 2.13. The van der Waals surface area contributed by atoms with Crippen molar-refractivity contribution in [2.75, 3.05) is 6.61 Å². The van der Waals surface area contributed by atoms with Crippen molar-refractivity contribution >= 4 is 11.9 Å². The zero-order chi connectivity index (χ0) is 12.8. The Bertz CT molecular complexity index is 245. The molecule has 0 spiro atoms. The van der Waals surface area contributed by atoms with Crippen LogP contribution in [0.4, 0.5) is 4.79 Å². The fourth-order valence-electron chi connectivity index (χ4n) is 1.16. The van der Waals surface area contributed by atoms with E-state index in [2.05, 4.69) is 5.32 Å². The normalized spacial score (nSPS) is 13.1. The highest BCUT2D eigenvalue weighted by molar-refractivity contribution is 5.88. The third kappa shape index (κ3) is 6.40. The second kappa shape index (κ2) is 6.48. The van der Waals surface area contributed by atoms with Gasteiger partial charge < -0.3 is 15.2 Å².